The first-order chi connectivity index (χ1) is 17.0. The number of nitrogens with one attached hydrogen (secondary N) is 1. The average molecular weight is 495 g/mol. The number of H-pyrrole nitrogens is 1. The van der Waals surface area contributed by atoms with E-state index in [1.807, 2.05) is 19.2 Å². The highest BCUT2D eigenvalue weighted by molar-refractivity contribution is 7.82. The summed E-state index contributed by atoms with van der Waals surface area (Å²) in [5.41, 5.74) is 11.7. The number of carbonyl (C=O) groups excluding carboxylic acids is 1. The number of primary amides is 1. The molecule has 2 aliphatic rings. The Hall–Kier alpha value is -2.52. The number of benzene rings is 2. The number of rotatable bonds is 7. The molecule has 8 heteroatoms. The summed E-state index contributed by atoms with van der Waals surface area (Å²) in [6.45, 7) is 7.94. The van der Waals surface area contributed by atoms with E-state index in [0.717, 1.165) is 80.8 Å². The largest absolute Gasteiger partial charge is 0.379 e. The fraction of sp³-hybridized carbons (Fsp3) is 0.444. The zero-order chi connectivity index (χ0) is 24.4. The predicted molar refractivity (Wildman–Crippen MR) is 141 cm³/mol. The molecule has 0 spiro atoms. The lowest BCUT2D eigenvalue weighted by atomic mass is 9.88. The minimum absolute atomic E-state index is 0.359. The fourth-order valence-electron chi connectivity index (χ4n) is 5.37. The molecule has 3 aromatic rings. The second kappa shape index (κ2) is 10.6. The molecule has 0 aliphatic carbocycles. The Morgan fingerprint density at radius 1 is 1.11 bits per heavy atom. The molecule has 7 nitrogen and oxygen atoms in total. The third kappa shape index (κ3) is 5.21. The molecule has 186 valence electrons. The van der Waals surface area contributed by atoms with Gasteiger partial charge in [-0.05, 0) is 59.2 Å². The first-order valence-corrected chi connectivity index (χ1v) is 13.8. The summed E-state index contributed by atoms with van der Waals surface area (Å²) in [6.07, 6.45) is 3.93. The van der Waals surface area contributed by atoms with Crippen LogP contribution in [0, 0.1) is 0 Å². The molecule has 1 aromatic heterocycles. The lowest BCUT2D eigenvalue weighted by Gasteiger charge is -2.30. The second-order valence-corrected chi connectivity index (χ2v) is 11.2. The lowest BCUT2D eigenvalue weighted by Crippen LogP contribution is -2.35. The minimum Gasteiger partial charge on any atom is -0.379 e. The molecule has 3 heterocycles. The van der Waals surface area contributed by atoms with Crippen molar-refractivity contribution in [2.75, 3.05) is 45.1 Å². The normalized spacial score (nSPS) is 19.2. The van der Waals surface area contributed by atoms with Gasteiger partial charge in [-0.1, -0.05) is 25.1 Å². The Morgan fingerprint density at radius 2 is 1.89 bits per heavy atom. The molecule has 2 fully saturated rings. The highest BCUT2D eigenvalue weighted by Gasteiger charge is 2.26. The molecule has 0 saturated carbocycles. The van der Waals surface area contributed by atoms with Crippen molar-refractivity contribution in [2.24, 2.45) is 5.73 Å². The summed E-state index contributed by atoms with van der Waals surface area (Å²) in [7, 11) is -0.892. The molecule has 5 rings (SSSR count). The molecule has 35 heavy (non-hydrogen) atoms. The number of piperidine rings is 1. The molecular formula is C27H34N4O3S. The number of hydrogen-bond donors (Lipinski definition) is 2. The maximum absolute atomic E-state index is 12.4. The zero-order valence-electron chi connectivity index (χ0n) is 20.3. The monoisotopic (exact) mass is 494 g/mol. The van der Waals surface area contributed by atoms with Crippen LogP contribution in [0.15, 0.2) is 42.6 Å². The predicted octanol–water partition coefficient (Wildman–Crippen LogP) is 3.63. The fourth-order valence-corrected chi connectivity index (χ4v) is 6.35. The van der Waals surface area contributed by atoms with E-state index in [-0.39, 0.29) is 0 Å². The van der Waals surface area contributed by atoms with Crippen LogP contribution in [-0.4, -0.2) is 69.5 Å². The van der Waals surface area contributed by atoms with Crippen LogP contribution in [0.4, 0.5) is 0 Å². The van der Waals surface area contributed by atoms with Crippen molar-refractivity contribution in [3.63, 3.8) is 0 Å². The van der Waals surface area contributed by atoms with E-state index in [1.165, 1.54) is 11.1 Å². The van der Waals surface area contributed by atoms with Crippen LogP contribution in [0.25, 0.3) is 22.0 Å². The van der Waals surface area contributed by atoms with E-state index < -0.39 is 16.9 Å². The number of nitrogens with zero attached hydrogens (tertiary/aromatic N) is 2. The van der Waals surface area contributed by atoms with E-state index in [2.05, 4.69) is 44.5 Å². The first kappa shape index (κ1) is 24.2. The Bertz CT molecular complexity index is 1230. The van der Waals surface area contributed by atoms with Crippen molar-refractivity contribution in [3.8, 4) is 11.1 Å². The summed E-state index contributed by atoms with van der Waals surface area (Å²) in [5.74, 6) is 0.591. The van der Waals surface area contributed by atoms with E-state index in [0.29, 0.717) is 17.2 Å². The number of fused-ring (bicyclic) bond motifs is 1. The van der Waals surface area contributed by atoms with Crippen LogP contribution < -0.4 is 5.73 Å². The Kier molecular flexibility index (Phi) is 7.34. The third-order valence-corrected chi connectivity index (χ3v) is 8.72. The Morgan fingerprint density at radius 3 is 2.60 bits per heavy atom. The highest BCUT2D eigenvalue weighted by Crippen LogP contribution is 2.37. The van der Waals surface area contributed by atoms with Crippen molar-refractivity contribution in [2.45, 2.75) is 32.2 Å². The SMILES string of the molecule is CCS(=O)N1CCC(c2c[nH]c3c(C(N)=O)cc(-c4cccc(CN5CCOCC5)c4)cc23)CC1. The molecule has 0 radical (unpaired) electrons. The number of amides is 1. The Balaban J connectivity index is 1.46. The lowest BCUT2D eigenvalue weighted by molar-refractivity contribution is 0.0342. The van der Waals surface area contributed by atoms with Gasteiger partial charge in [0.25, 0.3) is 5.91 Å². The van der Waals surface area contributed by atoms with E-state index in [4.69, 9.17) is 10.5 Å². The summed E-state index contributed by atoms with van der Waals surface area (Å²) >= 11 is 0. The van der Waals surface area contributed by atoms with Crippen LogP contribution in [0.1, 0.15) is 47.2 Å². The van der Waals surface area contributed by atoms with E-state index in [9.17, 15) is 9.00 Å². The molecule has 2 saturated heterocycles. The quantitative estimate of drug-likeness (QED) is 0.525. The number of nitrogens with two attached hydrogens (primary N) is 1. The summed E-state index contributed by atoms with van der Waals surface area (Å²) in [5, 5.41) is 1.06. The molecule has 1 unspecified atom stereocenters. The first-order valence-electron chi connectivity index (χ1n) is 12.5. The maximum Gasteiger partial charge on any atom is 0.250 e. The third-order valence-electron chi connectivity index (χ3n) is 7.29. The van der Waals surface area contributed by atoms with Gasteiger partial charge in [0.05, 0.1) is 35.3 Å². The van der Waals surface area contributed by atoms with Crippen molar-refractivity contribution in [3.05, 3.63) is 59.3 Å². The molecule has 2 aliphatic heterocycles. The molecular weight excluding hydrogens is 460 g/mol. The van der Waals surface area contributed by atoms with Gasteiger partial charge in [-0.3, -0.25) is 9.69 Å². The van der Waals surface area contributed by atoms with Crippen LogP contribution in [-0.2, 0) is 22.3 Å². The van der Waals surface area contributed by atoms with Gasteiger partial charge in [-0.15, -0.1) is 0 Å². The van der Waals surface area contributed by atoms with Crippen molar-refractivity contribution < 1.29 is 13.7 Å². The number of carbonyl (C=O) groups is 1. The van der Waals surface area contributed by atoms with Crippen LogP contribution in [0.3, 0.4) is 0 Å². The van der Waals surface area contributed by atoms with Crippen molar-refractivity contribution in [1.29, 1.82) is 0 Å². The smallest absolute Gasteiger partial charge is 0.250 e. The van der Waals surface area contributed by atoms with Gasteiger partial charge in [-0.25, -0.2) is 8.51 Å². The molecule has 1 atom stereocenters. The van der Waals surface area contributed by atoms with Gasteiger partial charge in [0.1, 0.15) is 0 Å². The maximum atomic E-state index is 12.4. The van der Waals surface area contributed by atoms with Crippen LogP contribution in [0.2, 0.25) is 0 Å². The summed E-state index contributed by atoms with van der Waals surface area (Å²) in [4.78, 5) is 18.1. The second-order valence-electron chi connectivity index (χ2n) is 9.46. The number of aromatic nitrogens is 1. The molecule has 3 N–H and O–H groups in total. The summed E-state index contributed by atoms with van der Waals surface area (Å²) in [6, 6.07) is 12.7. The zero-order valence-corrected chi connectivity index (χ0v) is 21.1. The van der Waals surface area contributed by atoms with Crippen LogP contribution >= 0.6 is 0 Å². The number of hydrogen-bond acceptors (Lipinski definition) is 4. The summed E-state index contributed by atoms with van der Waals surface area (Å²) < 4.78 is 19.8. The van der Waals surface area contributed by atoms with E-state index >= 15 is 0 Å². The standard InChI is InChI=1S/C27H34N4O3S/c1-2-35(33)31-8-6-20(7-9-31)25-17-29-26-23(25)15-22(16-24(26)27(28)32)21-5-3-4-19(14-21)18-30-10-12-34-13-11-30/h3-5,14-17,20,29H,2,6-13,18H2,1H3,(H2,28,32). The topological polar surface area (TPSA) is 91.7 Å². The van der Waals surface area contributed by atoms with Gasteiger partial charge < -0.3 is 15.5 Å². The highest BCUT2D eigenvalue weighted by atomic mass is 32.2. The van der Waals surface area contributed by atoms with Crippen molar-refractivity contribution in [1.82, 2.24) is 14.2 Å². The molecule has 1 amide bonds. The molecule has 2 aromatic carbocycles. The number of aromatic amines is 1. The minimum atomic E-state index is -0.892. The van der Waals surface area contributed by atoms with Gasteiger partial charge >= 0.3 is 0 Å². The number of ether oxygens (including phenoxy) is 1. The van der Waals surface area contributed by atoms with Crippen molar-refractivity contribution >= 4 is 27.8 Å². The van der Waals surface area contributed by atoms with Gasteiger partial charge in [-0.2, -0.15) is 0 Å². The van der Waals surface area contributed by atoms with E-state index in [1.54, 1.807) is 0 Å². The van der Waals surface area contributed by atoms with Gasteiger partial charge in [0.15, 0.2) is 0 Å². The Labute approximate surface area is 209 Å². The van der Waals surface area contributed by atoms with Crippen LogP contribution in [0.5, 0.6) is 0 Å². The molecule has 0 bridgehead atoms. The average Bonchev–Trinajstić information content (AvgIpc) is 3.32. The van der Waals surface area contributed by atoms with Gasteiger partial charge in [0.2, 0.25) is 0 Å². The number of morpholine rings is 1. The van der Waals surface area contributed by atoms with Gasteiger partial charge in [0, 0.05) is 50.1 Å².